The molecular weight excluding hydrogens is 410 g/mol. The molecule has 0 fully saturated rings. The highest BCUT2D eigenvalue weighted by Gasteiger charge is 2.10. The molecule has 3 N–H and O–H groups in total. The lowest BCUT2D eigenvalue weighted by atomic mass is 10.0. The van der Waals surface area contributed by atoms with Crippen LogP contribution in [-0.4, -0.2) is 41.6 Å². The lowest BCUT2D eigenvalue weighted by Gasteiger charge is -2.17. The molecule has 0 atom stereocenters. The summed E-state index contributed by atoms with van der Waals surface area (Å²) >= 11 is 0. The number of benzene rings is 2. The van der Waals surface area contributed by atoms with E-state index in [0.717, 1.165) is 48.6 Å². The quantitative estimate of drug-likeness (QED) is 0.356. The minimum Gasteiger partial charge on any atom is -0.492 e. The number of rotatable bonds is 13. The maximum Gasteiger partial charge on any atom is 0.224 e. The summed E-state index contributed by atoms with van der Waals surface area (Å²) < 4.78 is 5.94. The van der Waals surface area contributed by atoms with E-state index < -0.39 is 0 Å². The van der Waals surface area contributed by atoms with Gasteiger partial charge < -0.3 is 15.8 Å². The first-order valence-corrected chi connectivity index (χ1v) is 11.9. The predicted molar refractivity (Wildman–Crippen MR) is 137 cm³/mol. The van der Waals surface area contributed by atoms with Crippen molar-refractivity contribution in [1.82, 2.24) is 14.9 Å². The fourth-order valence-corrected chi connectivity index (χ4v) is 3.69. The van der Waals surface area contributed by atoms with Crippen LogP contribution in [0.3, 0.4) is 0 Å². The lowest BCUT2D eigenvalue weighted by Crippen LogP contribution is -2.23. The molecule has 0 amide bonds. The summed E-state index contributed by atoms with van der Waals surface area (Å²) in [5.74, 6) is 2.03. The molecular formula is C27H37N5O. The Balaban J connectivity index is 1.48. The van der Waals surface area contributed by atoms with Gasteiger partial charge in [-0.3, -0.25) is 4.90 Å². The van der Waals surface area contributed by atoms with E-state index in [1.165, 1.54) is 18.4 Å². The average molecular weight is 448 g/mol. The number of nitrogens with one attached hydrogen (secondary N) is 1. The molecule has 0 unspecified atom stereocenters. The zero-order valence-electron chi connectivity index (χ0n) is 20.2. The number of hydrogen-bond donors (Lipinski definition) is 2. The van der Waals surface area contributed by atoms with Crippen molar-refractivity contribution in [1.29, 1.82) is 0 Å². The molecule has 176 valence electrons. The number of unbranched alkanes of at least 4 members (excludes halogenated alkanes) is 2. The first kappa shape index (κ1) is 24.5. The highest BCUT2D eigenvalue weighted by Crippen LogP contribution is 2.21. The Morgan fingerprint density at radius 2 is 1.73 bits per heavy atom. The molecule has 3 aromatic rings. The summed E-state index contributed by atoms with van der Waals surface area (Å²) in [5.41, 5.74) is 10.6. The SMILES string of the molecule is CCCCCNc1nc(C)c(Cc2ccc(OCCN(C)Cc3ccccc3)cc2)c(N)n1. The van der Waals surface area contributed by atoms with Crippen LogP contribution in [0, 0.1) is 6.92 Å². The van der Waals surface area contributed by atoms with E-state index in [1.54, 1.807) is 0 Å². The van der Waals surface area contributed by atoms with E-state index in [2.05, 4.69) is 70.6 Å². The highest BCUT2D eigenvalue weighted by atomic mass is 16.5. The van der Waals surface area contributed by atoms with Gasteiger partial charge in [0.1, 0.15) is 18.2 Å². The third-order valence-electron chi connectivity index (χ3n) is 5.65. The maximum absolute atomic E-state index is 6.26. The molecule has 6 heteroatoms. The van der Waals surface area contributed by atoms with Crippen LogP contribution in [0.25, 0.3) is 0 Å². The van der Waals surface area contributed by atoms with Crippen molar-refractivity contribution in [3.8, 4) is 5.75 Å². The second-order valence-electron chi connectivity index (χ2n) is 8.52. The van der Waals surface area contributed by atoms with Gasteiger partial charge >= 0.3 is 0 Å². The van der Waals surface area contributed by atoms with E-state index >= 15 is 0 Å². The van der Waals surface area contributed by atoms with Crippen LogP contribution in [0.4, 0.5) is 11.8 Å². The largest absolute Gasteiger partial charge is 0.492 e. The summed E-state index contributed by atoms with van der Waals surface area (Å²) in [5, 5.41) is 3.28. The number of nitrogens with zero attached hydrogens (tertiary/aromatic N) is 3. The molecule has 0 aliphatic carbocycles. The van der Waals surface area contributed by atoms with Gasteiger partial charge in [0.15, 0.2) is 0 Å². The summed E-state index contributed by atoms with van der Waals surface area (Å²) in [4.78, 5) is 11.3. The monoisotopic (exact) mass is 447 g/mol. The van der Waals surface area contributed by atoms with E-state index in [-0.39, 0.29) is 0 Å². The summed E-state index contributed by atoms with van der Waals surface area (Å²) in [7, 11) is 2.11. The minimum atomic E-state index is 0.544. The van der Waals surface area contributed by atoms with Crippen LogP contribution >= 0.6 is 0 Å². The Hall–Kier alpha value is -3.12. The Kier molecular flexibility index (Phi) is 9.51. The van der Waals surface area contributed by atoms with Crippen molar-refractivity contribution in [2.24, 2.45) is 0 Å². The van der Waals surface area contributed by atoms with Crippen molar-refractivity contribution in [2.75, 3.05) is 37.8 Å². The number of nitrogens with two attached hydrogens (primary N) is 1. The zero-order chi connectivity index (χ0) is 23.5. The van der Waals surface area contributed by atoms with Gasteiger partial charge in [-0.1, -0.05) is 62.2 Å². The van der Waals surface area contributed by atoms with Gasteiger partial charge in [0, 0.05) is 37.3 Å². The Bertz CT molecular complexity index is 953. The number of aryl methyl sites for hydroxylation is 1. The zero-order valence-corrected chi connectivity index (χ0v) is 20.2. The van der Waals surface area contributed by atoms with Crippen LogP contribution in [0.2, 0.25) is 0 Å². The fourth-order valence-electron chi connectivity index (χ4n) is 3.69. The topological polar surface area (TPSA) is 76.3 Å². The third kappa shape index (κ3) is 8.06. The molecule has 1 aromatic heterocycles. The van der Waals surface area contributed by atoms with Crippen LogP contribution in [0.1, 0.15) is 48.6 Å². The van der Waals surface area contributed by atoms with Gasteiger partial charge in [-0.15, -0.1) is 0 Å². The molecule has 0 aliphatic rings. The normalized spacial score (nSPS) is 11.0. The second kappa shape index (κ2) is 12.8. The van der Waals surface area contributed by atoms with Crippen LogP contribution in [0.15, 0.2) is 54.6 Å². The fraction of sp³-hybridized carbons (Fsp3) is 0.407. The molecule has 0 aliphatic heterocycles. The first-order chi connectivity index (χ1) is 16.0. The molecule has 2 aromatic carbocycles. The number of aromatic nitrogens is 2. The number of anilines is 2. The van der Waals surface area contributed by atoms with Gasteiger partial charge in [0.25, 0.3) is 0 Å². The second-order valence-corrected chi connectivity index (χ2v) is 8.52. The molecule has 0 saturated heterocycles. The number of ether oxygens (including phenoxy) is 1. The van der Waals surface area contributed by atoms with Crippen molar-refractivity contribution in [3.63, 3.8) is 0 Å². The van der Waals surface area contributed by atoms with Gasteiger partial charge in [-0.2, -0.15) is 4.98 Å². The Morgan fingerprint density at radius 3 is 2.42 bits per heavy atom. The summed E-state index contributed by atoms with van der Waals surface area (Å²) in [6, 6.07) is 18.7. The van der Waals surface area contributed by atoms with Crippen molar-refractivity contribution in [3.05, 3.63) is 77.0 Å². The number of likely N-dealkylation sites (N-methyl/N-ethyl adjacent to an activating group) is 1. The molecule has 6 nitrogen and oxygen atoms in total. The summed E-state index contributed by atoms with van der Waals surface area (Å²) in [6.07, 6.45) is 4.20. The minimum absolute atomic E-state index is 0.544. The Morgan fingerprint density at radius 1 is 0.970 bits per heavy atom. The first-order valence-electron chi connectivity index (χ1n) is 11.9. The Labute approximate surface area is 198 Å². The van der Waals surface area contributed by atoms with Crippen LogP contribution < -0.4 is 15.8 Å². The van der Waals surface area contributed by atoms with Crippen molar-refractivity contribution >= 4 is 11.8 Å². The van der Waals surface area contributed by atoms with Crippen LogP contribution in [0.5, 0.6) is 5.75 Å². The van der Waals surface area contributed by atoms with Crippen molar-refractivity contribution in [2.45, 2.75) is 46.1 Å². The van der Waals surface area contributed by atoms with Gasteiger partial charge in [0.2, 0.25) is 5.95 Å². The summed E-state index contributed by atoms with van der Waals surface area (Å²) in [6.45, 7) is 7.48. The van der Waals surface area contributed by atoms with Gasteiger partial charge in [-0.25, -0.2) is 4.98 Å². The van der Waals surface area contributed by atoms with E-state index in [9.17, 15) is 0 Å². The molecule has 0 bridgehead atoms. The molecule has 0 saturated carbocycles. The van der Waals surface area contributed by atoms with Gasteiger partial charge in [-0.05, 0) is 43.7 Å². The standard InChI is InChI=1S/C27H37N5O/c1-4-5-9-16-29-27-30-21(2)25(26(28)31-27)19-22-12-14-24(15-13-22)33-18-17-32(3)20-23-10-7-6-8-11-23/h6-8,10-15H,4-5,9,16-20H2,1-3H3,(H3,28,29,30,31). The molecule has 33 heavy (non-hydrogen) atoms. The van der Waals surface area contributed by atoms with E-state index in [1.807, 2.05) is 25.1 Å². The molecule has 0 radical (unpaired) electrons. The van der Waals surface area contributed by atoms with Gasteiger partial charge in [0.05, 0.1) is 0 Å². The third-order valence-corrected chi connectivity index (χ3v) is 5.65. The average Bonchev–Trinajstić information content (AvgIpc) is 2.81. The van der Waals surface area contributed by atoms with Crippen LogP contribution in [-0.2, 0) is 13.0 Å². The molecule has 0 spiro atoms. The van der Waals surface area contributed by atoms with Crippen molar-refractivity contribution < 1.29 is 4.74 Å². The van der Waals surface area contributed by atoms with E-state index in [0.29, 0.717) is 24.8 Å². The number of hydrogen-bond acceptors (Lipinski definition) is 6. The lowest BCUT2D eigenvalue weighted by molar-refractivity contribution is 0.233. The molecule has 3 rings (SSSR count). The predicted octanol–water partition coefficient (Wildman–Crippen LogP) is 5.07. The number of nitrogen functional groups attached to an aromatic ring is 1. The smallest absolute Gasteiger partial charge is 0.224 e. The molecule has 1 heterocycles. The maximum atomic E-state index is 6.26. The van der Waals surface area contributed by atoms with E-state index in [4.69, 9.17) is 10.5 Å². The highest BCUT2D eigenvalue weighted by molar-refractivity contribution is 5.49.